The standard InChI is InChI=1S/C18H29N3O/c1-16(2)8-9-19-14-18(22)21-12-10-20(11-13-21)15-17-6-4-3-5-7-17/h3-7,16,19H,8-15H2,1-2H3. The highest BCUT2D eigenvalue weighted by atomic mass is 16.2. The van der Waals surface area contributed by atoms with Crippen LogP contribution in [0.3, 0.4) is 0 Å². The predicted molar refractivity (Wildman–Crippen MR) is 90.6 cm³/mol. The van der Waals surface area contributed by atoms with Gasteiger partial charge in [0.1, 0.15) is 0 Å². The van der Waals surface area contributed by atoms with Crippen LogP contribution in [0.25, 0.3) is 0 Å². The third-order valence-corrected chi connectivity index (χ3v) is 4.15. The topological polar surface area (TPSA) is 35.6 Å². The van der Waals surface area contributed by atoms with Crippen molar-refractivity contribution in [2.45, 2.75) is 26.8 Å². The van der Waals surface area contributed by atoms with Crippen molar-refractivity contribution in [2.75, 3.05) is 39.3 Å². The molecule has 4 heteroatoms. The second kappa shape index (κ2) is 8.91. The molecule has 1 aliphatic rings. The lowest BCUT2D eigenvalue weighted by Crippen LogP contribution is -2.50. The fraction of sp³-hybridized carbons (Fsp3) is 0.611. The summed E-state index contributed by atoms with van der Waals surface area (Å²) in [7, 11) is 0. The van der Waals surface area contributed by atoms with E-state index in [4.69, 9.17) is 0 Å². The molecule has 2 rings (SSSR count). The summed E-state index contributed by atoms with van der Waals surface area (Å²) in [4.78, 5) is 16.6. The van der Waals surface area contributed by atoms with Crippen molar-refractivity contribution >= 4 is 5.91 Å². The van der Waals surface area contributed by atoms with Crippen molar-refractivity contribution in [1.29, 1.82) is 0 Å². The van der Waals surface area contributed by atoms with Crippen LogP contribution in [-0.2, 0) is 11.3 Å². The average molecular weight is 303 g/mol. The number of nitrogens with zero attached hydrogens (tertiary/aromatic N) is 2. The number of hydrogen-bond donors (Lipinski definition) is 1. The lowest BCUT2D eigenvalue weighted by atomic mass is 10.1. The van der Waals surface area contributed by atoms with E-state index in [9.17, 15) is 4.79 Å². The Labute approximate surface area is 134 Å². The molecule has 0 aliphatic carbocycles. The molecule has 0 radical (unpaired) electrons. The van der Waals surface area contributed by atoms with Gasteiger partial charge in [-0.2, -0.15) is 0 Å². The molecular formula is C18H29N3O. The van der Waals surface area contributed by atoms with Gasteiger partial charge in [0.05, 0.1) is 6.54 Å². The molecule has 0 spiro atoms. The maximum absolute atomic E-state index is 12.2. The molecule has 1 saturated heterocycles. The number of carbonyl (C=O) groups is 1. The quantitative estimate of drug-likeness (QED) is 0.782. The molecule has 0 atom stereocenters. The second-order valence-corrected chi connectivity index (χ2v) is 6.50. The number of hydrogen-bond acceptors (Lipinski definition) is 3. The first-order valence-electron chi connectivity index (χ1n) is 8.40. The minimum atomic E-state index is 0.239. The molecule has 0 bridgehead atoms. The van der Waals surface area contributed by atoms with Crippen LogP contribution in [0.15, 0.2) is 30.3 Å². The van der Waals surface area contributed by atoms with Crippen molar-refractivity contribution in [3.63, 3.8) is 0 Å². The third-order valence-electron chi connectivity index (χ3n) is 4.15. The van der Waals surface area contributed by atoms with E-state index in [2.05, 4.69) is 48.3 Å². The molecule has 1 amide bonds. The van der Waals surface area contributed by atoms with Gasteiger partial charge in [0.15, 0.2) is 0 Å². The normalized spacial score (nSPS) is 16.2. The van der Waals surface area contributed by atoms with Crippen LogP contribution in [0.1, 0.15) is 25.8 Å². The monoisotopic (exact) mass is 303 g/mol. The second-order valence-electron chi connectivity index (χ2n) is 6.50. The Kier molecular flexibility index (Phi) is 6.87. The highest BCUT2D eigenvalue weighted by Gasteiger charge is 2.20. The molecule has 1 N–H and O–H groups in total. The molecule has 1 aromatic carbocycles. The van der Waals surface area contributed by atoms with Crippen LogP contribution >= 0.6 is 0 Å². The highest BCUT2D eigenvalue weighted by molar-refractivity contribution is 5.78. The maximum atomic E-state index is 12.2. The zero-order valence-corrected chi connectivity index (χ0v) is 13.9. The Bertz CT molecular complexity index is 439. The number of carbonyl (C=O) groups excluding carboxylic acids is 1. The Morgan fingerprint density at radius 1 is 1.14 bits per heavy atom. The first kappa shape index (κ1) is 17.0. The maximum Gasteiger partial charge on any atom is 0.236 e. The van der Waals surface area contributed by atoms with Crippen molar-refractivity contribution < 1.29 is 4.79 Å². The smallest absolute Gasteiger partial charge is 0.236 e. The van der Waals surface area contributed by atoms with Gasteiger partial charge in [-0.1, -0.05) is 44.2 Å². The van der Waals surface area contributed by atoms with E-state index in [-0.39, 0.29) is 5.91 Å². The summed E-state index contributed by atoms with van der Waals surface area (Å²) in [5.41, 5.74) is 1.35. The summed E-state index contributed by atoms with van der Waals surface area (Å²) in [6.45, 7) is 10.4. The number of rotatable bonds is 7. The van der Waals surface area contributed by atoms with Gasteiger partial charge >= 0.3 is 0 Å². The Morgan fingerprint density at radius 2 is 1.82 bits per heavy atom. The minimum Gasteiger partial charge on any atom is -0.339 e. The van der Waals surface area contributed by atoms with E-state index < -0.39 is 0 Å². The fourth-order valence-corrected chi connectivity index (χ4v) is 2.69. The third kappa shape index (κ3) is 5.78. The molecule has 1 fully saturated rings. The number of benzene rings is 1. The fourth-order valence-electron chi connectivity index (χ4n) is 2.69. The molecule has 22 heavy (non-hydrogen) atoms. The Morgan fingerprint density at radius 3 is 2.45 bits per heavy atom. The molecule has 1 aliphatic heterocycles. The summed E-state index contributed by atoms with van der Waals surface area (Å²) in [6.07, 6.45) is 1.12. The van der Waals surface area contributed by atoms with Crippen molar-refractivity contribution in [1.82, 2.24) is 15.1 Å². The van der Waals surface area contributed by atoms with Crippen LogP contribution in [0.4, 0.5) is 0 Å². The molecule has 1 aromatic rings. The summed E-state index contributed by atoms with van der Waals surface area (Å²) < 4.78 is 0. The highest BCUT2D eigenvalue weighted by Crippen LogP contribution is 2.08. The van der Waals surface area contributed by atoms with E-state index in [0.717, 1.165) is 45.7 Å². The predicted octanol–water partition coefficient (Wildman–Crippen LogP) is 1.97. The van der Waals surface area contributed by atoms with Gasteiger partial charge in [0, 0.05) is 32.7 Å². The minimum absolute atomic E-state index is 0.239. The molecular weight excluding hydrogens is 274 g/mol. The van der Waals surface area contributed by atoms with Gasteiger partial charge < -0.3 is 10.2 Å². The molecule has 122 valence electrons. The number of piperazine rings is 1. The summed E-state index contributed by atoms with van der Waals surface area (Å²) in [5.74, 6) is 0.923. The van der Waals surface area contributed by atoms with E-state index in [1.165, 1.54) is 5.56 Å². The molecule has 0 aromatic heterocycles. The van der Waals surface area contributed by atoms with Crippen LogP contribution in [0, 0.1) is 5.92 Å². The zero-order chi connectivity index (χ0) is 15.8. The van der Waals surface area contributed by atoms with E-state index in [1.54, 1.807) is 0 Å². The van der Waals surface area contributed by atoms with Crippen LogP contribution in [0.5, 0.6) is 0 Å². The lowest BCUT2D eigenvalue weighted by Gasteiger charge is -2.34. The lowest BCUT2D eigenvalue weighted by molar-refractivity contribution is -0.132. The van der Waals surface area contributed by atoms with E-state index in [0.29, 0.717) is 12.5 Å². The molecule has 4 nitrogen and oxygen atoms in total. The molecule has 0 unspecified atom stereocenters. The van der Waals surface area contributed by atoms with Gasteiger partial charge in [-0.25, -0.2) is 0 Å². The average Bonchev–Trinajstić information content (AvgIpc) is 2.53. The van der Waals surface area contributed by atoms with Gasteiger partial charge in [-0.15, -0.1) is 0 Å². The van der Waals surface area contributed by atoms with Gasteiger partial charge in [-0.3, -0.25) is 9.69 Å². The Hall–Kier alpha value is -1.39. The van der Waals surface area contributed by atoms with Crippen molar-refractivity contribution in [3.05, 3.63) is 35.9 Å². The van der Waals surface area contributed by atoms with Crippen molar-refractivity contribution in [3.8, 4) is 0 Å². The SMILES string of the molecule is CC(C)CCNCC(=O)N1CCN(Cc2ccccc2)CC1. The van der Waals surface area contributed by atoms with E-state index >= 15 is 0 Å². The first-order chi connectivity index (χ1) is 10.6. The van der Waals surface area contributed by atoms with E-state index in [1.807, 2.05) is 11.0 Å². The van der Waals surface area contributed by atoms with Gasteiger partial charge in [0.2, 0.25) is 5.91 Å². The van der Waals surface area contributed by atoms with Crippen LogP contribution in [0.2, 0.25) is 0 Å². The molecule has 0 saturated carbocycles. The number of amides is 1. The summed E-state index contributed by atoms with van der Waals surface area (Å²) in [6, 6.07) is 10.5. The van der Waals surface area contributed by atoms with Crippen LogP contribution < -0.4 is 5.32 Å². The number of nitrogens with one attached hydrogen (secondary N) is 1. The largest absolute Gasteiger partial charge is 0.339 e. The Balaban J connectivity index is 1.65. The summed E-state index contributed by atoms with van der Waals surface area (Å²) in [5, 5.41) is 3.26. The summed E-state index contributed by atoms with van der Waals surface area (Å²) >= 11 is 0. The molecule has 1 heterocycles. The first-order valence-corrected chi connectivity index (χ1v) is 8.40. The zero-order valence-electron chi connectivity index (χ0n) is 13.9. The van der Waals surface area contributed by atoms with Crippen LogP contribution in [-0.4, -0.2) is 55.0 Å². The van der Waals surface area contributed by atoms with Crippen molar-refractivity contribution in [2.24, 2.45) is 5.92 Å². The van der Waals surface area contributed by atoms with Gasteiger partial charge in [0.25, 0.3) is 0 Å². The van der Waals surface area contributed by atoms with Gasteiger partial charge in [-0.05, 0) is 24.4 Å².